The Morgan fingerprint density at radius 3 is 1.39 bits per heavy atom. The van der Waals surface area contributed by atoms with Crippen molar-refractivity contribution in [1.29, 1.82) is 0 Å². The van der Waals surface area contributed by atoms with Gasteiger partial charge in [0.2, 0.25) is 0 Å². The third kappa shape index (κ3) is 12.8. The molecule has 0 unspecified atom stereocenters. The maximum atomic E-state index is 11.3. The zero-order valence-electron chi connectivity index (χ0n) is 18.4. The molecular weight excluding hydrogens is 360 g/mol. The van der Waals surface area contributed by atoms with E-state index in [9.17, 15) is 9.59 Å². The summed E-state index contributed by atoms with van der Waals surface area (Å²) in [7, 11) is 0. The zero-order valence-corrected chi connectivity index (χ0v) is 18.4. The van der Waals surface area contributed by atoms with Crippen LogP contribution in [0.4, 0.5) is 9.59 Å². The molecule has 2 aliphatic rings. The van der Waals surface area contributed by atoms with Crippen LogP contribution in [-0.4, -0.2) is 62.7 Å². The van der Waals surface area contributed by atoms with Gasteiger partial charge >= 0.3 is 12.2 Å². The Hall–Kier alpha value is -1.54. The molecule has 8 nitrogen and oxygen atoms in total. The van der Waals surface area contributed by atoms with E-state index in [1.54, 1.807) is 0 Å². The molecular formula is C20H40N4O4. The molecule has 2 fully saturated rings. The van der Waals surface area contributed by atoms with Gasteiger partial charge in [-0.3, -0.25) is 0 Å². The number of amides is 2. The summed E-state index contributed by atoms with van der Waals surface area (Å²) >= 11 is 0. The van der Waals surface area contributed by atoms with Gasteiger partial charge < -0.3 is 30.7 Å². The van der Waals surface area contributed by atoms with Crippen molar-refractivity contribution < 1.29 is 19.1 Å². The Bertz CT molecular complexity index is 430. The number of rotatable bonds is 4. The Kier molecular flexibility index (Phi) is 10.0. The number of carbonyl (C=O) groups excluding carboxylic acids is 2. The van der Waals surface area contributed by atoms with Crippen LogP contribution < -0.4 is 21.3 Å². The van der Waals surface area contributed by atoms with Gasteiger partial charge in [-0.05, 0) is 92.4 Å². The molecule has 8 heteroatoms. The van der Waals surface area contributed by atoms with Crippen molar-refractivity contribution in [3.05, 3.63) is 0 Å². The first-order valence-electron chi connectivity index (χ1n) is 10.3. The van der Waals surface area contributed by atoms with Crippen LogP contribution in [0.5, 0.6) is 0 Å². The van der Waals surface area contributed by atoms with Gasteiger partial charge in [-0.25, -0.2) is 9.59 Å². The van der Waals surface area contributed by atoms with E-state index in [4.69, 9.17) is 9.47 Å². The van der Waals surface area contributed by atoms with E-state index in [2.05, 4.69) is 21.3 Å². The Balaban J connectivity index is 0.000000280. The molecule has 2 saturated heterocycles. The summed E-state index contributed by atoms with van der Waals surface area (Å²) in [5, 5.41) is 12.1. The maximum Gasteiger partial charge on any atom is 0.407 e. The van der Waals surface area contributed by atoms with E-state index in [-0.39, 0.29) is 12.2 Å². The van der Waals surface area contributed by atoms with Gasteiger partial charge in [-0.15, -0.1) is 0 Å². The molecule has 2 aliphatic heterocycles. The van der Waals surface area contributed by atoms with Crippen LogP contribution in [0.25, 0.3) is 0 Å². The highest BCUT2D eigenvalue weighted by Gasteiger charge is 2.20. The second kappa shape index (κ2) is 11.5. The van der Waals surface area contributed by atoms with Gasteiger partial charge in [0, 0.05) is 13.1 Å². The molecule has 164 valence electrons. The molecule has 0 aromatic heterocycles. The number of carbonyl (C=O) groups is 2. The van der Waals surface area contributed by atoms with E-state index in [1.165, 1.54) is 0 Å². The monoisotopic (exact) mass is 400 g/mol. The standard InChI is InChI=1S/2C10H20N2O2/c2*1-10(2,3)14-9(13)12-7-8-4-5-11-6-8/h2*8,11H,4-7H2,1-3H3,(H,12,13)/t2*8-/m11/s1. The lowest BCUT2D eigenvalue weighted by molar-refractivity contribution is 0.0509. The van der Waals surface area contributed by atoms with Crippen molar-refractivity contribution in [1.82, 2.24) is 21.3 Å². The van der Waals surface area contributed by atoms with Gasteiger partial charge in [0.15, 0.2) is 0 Å². The first-order valence-corrected chi connectivity index (χ1v) is 10.3. The topological polar surface area (TPSA) is 101 Å². The van der Waals surface area contributed by atoms with Gasteiger partial charge in [0.25, 0.3) is 0 Å². The number of hydrogen-bond donors (Lipinski definition) is 4. The minimum Gasteiger partial charge on any atom is -0.444 e. The van der Waals surface area contributed by atoms with Crippen LogP contribution >= 0.6 is 0 Å². The molecule has 2 atom stereocenters. The van der Waals surface area contributed by atoms with Crippen LogP contribution in [-0.2, 0) is 9.47 Å². The molecule has 4 N–H and O–H groups in total. The minimum absolute atomic E-state index is 0.315. The molecule has 0 spiro atoms. The number of hydrogen-bond acceptors (Lipinski definition) is 6. The number of ether oxygens (including phenoxy) is 2. The first-order chi connectivity index (χ1) is 12.9. The molecule has 0 bridgehead atoms. The minimum atomic E-state index is -0.405. The maximum absolute atomic E-state index is 11.3. The summed E-state index contributed by atoms with van der Waals surface area (Å²) in [5.74, 6) is 1.12. The summed E-state index contributed by atoms with van der Waals surface area (Å²) in [5.41, 5.74) is -0.810. The molecule has 2 heterocycles. The smallest absolute Gasteiger partial charge is 0.407 e. The summed E-state index contributed by atoms with van der Waals surface area (Å²) in [6.45, 7) is 16.7. The second-order valence-electron chi connectivity index (χ2n) is 9.48. The van der Waals surface area contributed by atoms with Gasteiger partial charge in [0.05, 0.1) is 0 Å². The lowest BCUT2D eigenvalue weighted by Gasteiger charge is -2.20. The lowest BCUT2D eigenvalue weighted by atomic mass is 10.1. The van der Waals surface area contributed by atoms with E-state index >= 15 is 0 Å². The van der Waals surface area contributed by atoms with Crippen LogP contribution in [0.15, 0.2) is 0 Å². The fourth-order valence-electron chi connectivity index (χ4n) is 2.86. The fourth-order valence-corrected chi connectivity index (χ4v) is 2.86. The average Bonchev–Trinajstić information content (AvgIpc) is 3.22. The van der Waals surface area contributed by atoms with E-state index in [1.807, 2.05) is 41.5 Å². The lowest BCUT2D eigenvalue weighted by Crippen LogP contribution is -2.35. The average molecular weight is 401 g/mol. The SMILES string of the molecule is CC(C)(C)OC(=O)NC[C@@H]1CCNC1.CC(C)(C)OC(=O)NC[C@@H]1CCNC1. The third-order valence-electron chi connectivity index (χ3n) is 4.19. The second-order valence-corrected chi connectivity index (χ2v) is 9.48. The molecule has 0 aliphatic carbocycles. The van der Waals surface area contributed by atoms with Crippen molar-refractivity contribution in [3.8, 4) is 0 Å². The quantitative estimate of drug-likeness (QED) is 0.577. The van der Waals surface area contributed by atoms with Crippen molar-refractivity contribution >= 4 is 12.2 Å². The largest absolute Gasteiger partial charge is 0.444 e. The summed E-state index contributed by atoms with van der Waals surface area (Å²) in [6.07, 6.45) is 1.64. The van der Waals surface area contributed by atoms with Gasteiger partial charge in [-0.2, -0.15) is 0 Å². The number of alkyl carbamates (subject to hydrolysis) is 2. The van der Waals surface area contributed by atoms with Crippen LogP contribution in [0, 0.1) is 11.8 Å². The van der Waals surface area contributed by atoms with Crippen LogP contribution in [0.1, 0.15) is 54.4 Å². The summed E-state index contributed by atoms with van der Waals surface area (Å²) in [6, 6.07) is 0. The molecule has 0 aromatic rings. The first kappa shape index (κ1) is 24.5. The van der Waals surface area contributed by atoms with E-state index in [0.717, 1.165) is 39.0 Å². The highest BCUT2D eigenvalue weighted by atomic mass is 16.6. The van der Waals surface area contributed by atoms with Crippen LogP contribution in [0.2, 0.25) is 0 Å². The molecule has 2 rings (SSSR count). The van der Waals surface area contributed by atoms with Crippen molar-refractivity contribution in [2.75, 3.05) is 39.3 Å². The number of nitrogens with one attached hydrogen (secondary N) is 4. The van der Waals surface area contributed by atoms with Crippen molar-refractivity contribution in [2.45, 2.75) is 65.6 Å². The van der Waals surface area contributed by atoms with E-state index in [0.29, 0.717) is 24.9 Å². The van der Waals surface area contributed by atoms with Gasteiger partial charge in [0.1, 0.15) is 11.2 Å². The summed E-state index contributed by atoms with van der Waals surface area (Å²) in [4.78, 5) is 22.5. The molecule has 0 aromatic carbocycles. The van der Waals surface area contributed by atoms with Crippen molar-refractivity contribution in [3.63, 3.8) is 0 Å². The van der Waals surface area contributed by atoms with Crippen molar-refractivity contribution in [2.24, 2.45) is 11.8 Å². The molecule has 2 amide bonds. The Morgan fingerprint density at radius 2 is 1.14 bits per heavy atom. The van der Waals surface area contributed by atoms with E-state index < -0.39 is 11.2 Å². The fraction of sp³-hybridized carbons (Fsp3) is 0.900. The van der Waals surface area contributed by atoms with Crippen LogP contribution in [0.3, 0.4) is 0 Å². The highest BCUT2D eigenvalue weighted by molar-refractivity contribution is 5.68. The van der Waals surface area contributed by atoms with Gasteiger partial charge in [-0.1, -0.05) is 0 Å². The summed E-state index contributed by atoms with van der Waals surface area (Å²) < 4.78 is 10.3. The zero-order chi connectivity index (χ0) is 21.2. The normalized spacial score (nSPS) is 22.1. The molecule has 0 radical (unpaired) electrons. The molecule has 0 saturated carbocycles. The third-order valence-corrected chi connectivity index (χ3v) is 4.19. The Labute approximate surface area is 169 Å². The Morgan fingerprint density at radius 1 is 0.786 bits per heavy atom. The molecule has 28 heavy (non-hydrogen) atoms. The predicted molar refractivity (Wildman–Crippen MR) is 110 cm³/mol. The highest BCUT2D eigenvalue weighted by Crippen LogP contribution is 2.09. The predicted octanol–water partition coefficient (Wildman–Crippen LogP) is 2.24.